The largest absolute Gasteiger partial charge is 0.504 e. The van der Waals surface area contributed by atoms with Gasteiger partial charge in [-0.25, -0.2) is 0 Å². The Bertz CT molecular complexity index is 3270. The number of hydrogen-bond acceptors (Lipinski definition) is 17. The third-order valence-electron chi connectivity index (χ3n) is 24.2. The molecule has 3 saturated carbocycles. The number of aryl methyl sites for hydroxylation is 1. The van der Waals surface area contributed by atoms with E-state index in [0.29, 0.717) is 102 Å². The van der Waals surface area contributed by atoms with E-state index in [1.54, 1.807) is 12.1 Å². The number of hydrogen-bond donors (Lipinski definition) is 5. The normalized spacial score (nSPS) is 38.6. The average Bonchev–Trinajstić information content (AvgIpc) is 1.38. The van der Waals surface area contributed by atoms with Gasteiger partial charge in [-0.05, 0) is 123 Å². The number of ether oxygens (including phenoxy) is 6. The molecule has 15 atom stereocenters. The van der Waals surface area contributed by atoms with E-state index in [2.05, 4.69) is 19.2 Å². The zero-order valence-electron chi connectivity index (χ0n) is 54.6. The predicted octanol–water partition coefficient (Wildman–Crippen LogP) is 6.02. The number of rotatable bonds is 6. The summed E-state index contributed by atoms with van der Waals surface area (Å²) in [5.41, 5.74) is -0.651. The van der Waals surface area contributed by atoms with Gasteiger partial charge in [-0.15, -0.1) is 0 Å². The molecule has 20 nitrogen and oxygen atoms in total. The van der Waals surface area contributed by atoms with Gasteiger partial charge in [0.2, 0.25) is 20.2 Å². The van der Waals surface area contributed by atoms with E-state index in [9.17, 15) is 54.3 Å². The molecule has 6 aliphatic carbocycles. The van der Waals surface area contributed by atoms with Crippen molar-refractivity contribution in [1.29, 1.82) is 0 Å². The summed E-state index contributed by atoms with van der Waals surface area (Å²) in [5, 5.41) is 57.6. The number of esters is 3. The molecule has 0 radical (unpaired) electrons. The number of aliphatic hydroxyl groups is 3. The zero-order valence-corrected chi connectivity index (χ0v) is 54.6. The van der Waals surface area contributed by atoms with Crippen molar-refractivity contribution >= 4 is 35.3 Å². The lowest BCUT2D eigenvalue weighted by Gasteiger charge is -2.63. The molecule has 3 aromatic rings. The van der Waals surface area contributed by atoms with Crippen LogP contribution in [0, 0.1) is 23.2 Å². The van der Waals surface area contributed by atoms with Crippen LogP contribution in [0.2, 0.25) is 0 Å². The molecule has 6 bridgehead atoms. The highest BCUT2D eigenvalue weighted by Gasteiger charge is 2.80. The van der Waals surface area contributed by atoms with Crippen molar-refractivity contribution < 1.29 is 96.2 Å². The van der Waals surface area contributed by atoms with Gasteiger partial charge in [-0.1, -0.05) is 24.3 Å². The highest BCUT2D eigenvalue weighted by Crippen LogP contribution is 2.69. The topological polar surface area (TPSA) is 259 Å². The van der Waals surface area contributed by atoms with E-state index < -0.39 is 67.6 Å². The number of benzene rings is 3. The SMILES string of the molecule is CC(C)(C)C(=O)OC[N@+]1(C)CC[C@]23c4c5ccc(O)c4O[C@H]2C(=O)CC[C@@]3(O)C1C5.CC(C)(C)C(=O)OC[N@@+]1(C)CC[C@]23c4c5ccc(O)c4O[C@H]2C(=O)CC[C@@]3(O)C1C5.Cc1ccc2c3c1O[C@H]1C(=O)CC[C@@]4(O)C(C2)[N@+](C)(COC(=O)C(C)(C)C)CC[C@]314. The number of quaternary nitrogens is 3. The molecule has 20 heteroatoms. The first kappa shape index (κ1) is 62.6. The molecule has 0 amide bonds. The molecule has 12 aliphatic rings. The number of Topliss-reactive ketones (excluding diaryl/α,β-unsaturated/α-hetero) is 3. The van der Waals surface area contributed by atoms with Crippen molar-refractivity contribution in [1.82, 2.24) is 0 Å². The van der Waals surface area contributed by atoms with Crippen LogP contribution in [0.3, 0.4) is 0 Å². The molecule has 3 saturated heterocycles. The van der Waals surface area contributed by atoms with Crippen molar-refractivity contribution in [3.63, 3.8) is 0 Å². The molecule has 0 aromatic heterocycles. The molecule has 6 fully saturated rings. The van der Waals surface area contributed by atoms with Crippen LogP contribution in [0.5, 0.6) is 28.7 Å². The summed E-state index contributed by atoms with van der Waals surface area (Å²) in [6, 6.07) is 10.5. The van der Waals surface area contributed by atoms with Gasteiger partial charge >= 0.3 is 17.9 Å². The van der Waals surface area contributed by atoms with E-state index in [-0.39, 0.29) is 97.9 Å². The maximum Gasteiger partial charge on any atom is 0.315 e. The van der Waals surface area contributed by atoms with Crippen molar-refractivity contribution in [3.05, 3.63) is 75.3 Å². The number of phenolic OH excluding ortho intramolecular Hbond substituents is 2. The van der Waals surface area contributed by atoms with Crippen LogP contribution >= 0.6 is 0 Å². The number of ketones is 3. The first-order valence-electron chi connectivity index (χ1n) is 32.5. The number of carbonyl (C=O) groups excluding carboxylic acids is 6. The van der Waals surface area contributed by atoms with Crippen molar-refractivity contribution in [3.8, 4) is 28.7 Å². The Hall–Kier alpha value is -6.16. The summed E-state index contributed by atoms with van der Waals surface area (Å²) in [6.45, 7) is 21.1. The minimum absolute atomic E-state index is 0.0165. The Morgan fingerprint density at radius 3 is 1.04 bits per heavy atom. The van der Waals surface area contributed by atoms with Gasteiger partial charge in [0.25, 0.3) is 0 Å². The van der Waals surface area contributed by atoms with E-state index in [0.717, 1.165) is 51.2 Å². The van der Waals surface area contributed by atoms with Crippen LogP contribution in [-0.4, -0.2) is 188 Å². The summed E-state index contributed by atoms with van der Waals surface area (Å²) in [5.74, 6) is 0.869. The smallest absolute Gasteiger partial charge is 0.315 e. The number of nitrogens with zero attached hydrogens (tertiary/aromatic N) is 3. The summed E-state index contributed by atoms with van der Waals surface area (Å²) in [6.07, 6.45) is 3.34. The number of phenols is 2. The Balaban J connectivity index is 0.000000124. The van der Waals surface area contributed by atoms with E-state index in [1.807, 2.05) is 95.5 Å². The predicted molar refractivity (Wildman–Crippen MR) is 324 cm³/mol. The fraction of sp³-hybridized carbons (Fsp3) is 0.657. The molecule has 6 aliphatic heterocycles. The summed E-state index contributed by atoms with van der Waals surface area (Å²) >= 11 is 0. The standard InChI is InChI=1S/C24H32NO5.2C23H29NO6/c1-14-6-7-15-12-17-24(28)9-8-16(26)20-23(24,18(15)19(14)30-20)10-11-25(17,5)13-29-21(27)22(2,3)4;2*1-21(2,3)20(27)29-12-24(4)10-9-22-17-13-5-6-14(25)18(17)30-19(22)15(26)7-8-23(22,28)16(24)11-13/h6-7,17,20,28H,8-13H2,1-5H3;2*5-6,16,19,28H,7-12H2,1-4H3/q+1;;/p+2/t17?,20-,23-,24+,25-;16?,19-,22-,23+,24+;16?,19-,22-,23+,24-/m000/s1. The Labute approximate surface area is 526 Å². The fourth-order valence-electron chi connectivity index (χ4n) is 19.4. The van der Waals surface area contributed by atoms with Crippen molar-refractivity contribution in [2.24, 2.45) is 16.2 Å². The highest BCUT2D eigenvalue weighted by molar-refractivity contribution is 5.92. The molecule has 3 unspecified atom stereocenters. The van der Waals surface area contributed by atoms with Crippen LogP contribution in [0.4, 0.5) is 0 Å². The third kappa shape index (κ3) is 8.24. The maximum atomic E-state index is 12.9. The lowest BCUT2D eigenvalue weighted by Crippen LogP contribution is -2.81. The van der Waals surface area contributed by atoms with E-state index in [4.69, 9.17) is 28.4 Å². The van der Waals surface area contributed by atoms with Crippen molar-refractivity contribution in [2.45, 2.75) is 216 Å². The molecule has 6 heterocycles. The quantitative estimate of drug-likeness (QED) is 0.107. The summed E-state index contributed by atoms with van der Waals surface area (Å²) < 4.78 is 36.8. The Morgan fingerprint density at radius 2 is 0.744 bits per heavy atom. The number of carbonyl (C=O) groups is 6. The highest BCUT2D eigenvalue weighted by atomic mass is 16.6. The minimum atomic E-state index is -1.17. The summed E-state index contributed by atoms with van der Waals surface area (Å²) in [4.78, 5) is 76.0. The lowest BCUT2D eigenvalue weighted by molar-refractivity contribution is -0.963. The van der Waals surface area contributed by atoms with Crippen LogP contribution < -0.4 is 14.2 Å². The van der Waals surface area contributed by atoms with E-state index >= 15 is 0 Å². The number of likely N-dealkylation sites (tertiary alicyclic amines) is 3. The first-order valence-corrected chi connectivity index (χ1v) is 32.5. The van der Waals surface area contributed by atoms with Crippen LogP contribution in [-0.2, 0) is 78.5 Å². The monoisotopic (exact) mass is 1250 g/mol. The number of piperidine rings is 3. The molecule has 15 rings (SSSR count). The van der Waals surface area contributed by atoms with Gasteiger partial charge in [0.1, 0.15) is 40.7 Å². The number of aromatic hydroxyl groups is 2. The van der Waals surface area contributed by atoms with Gasteiger partial charge in [0, 0.05) is 74.5 Å². The minimum Gasteiger partial charge on any atom is -0.504 e. The van der Waals surface area contributed by atoms with Gasteiger partial charge in [0.15, 0.2) is 58.7 Å². The first-order chi connectivity index (χ1) is 41.8. The third-order valence-corrected chi connectivity index (χ3v) is 24.2. The maximum absolute atomic E-state index is 12.9. The molecule has 5 N–H and O–H groups in total. The number of likely N-dealkylation sites (N-methyl/N-ethyl adjacent to an activating group) is 3. The Morgan fingerprint density at radius 1 is 0.467 bits per heavy atom. The molecule has 3 aromatic carbocycles. The second-order valence-electron chi connectivity index (χ2n) is 32.7. The van der Waals surface area contributed by atoms with Gasteiger partial charge in [-0.2, -0.15) is 0 Å². The lowest BCUT2D eigenvalue weighted by atomic mass is 9.48. The Kier molecular flexibility index (Phi) is 13.7. The molecule has 486 valence electrons. The van der Waals surface area contributed by atoms with Gasteiger partial charge < -0.3 is 54.0 Å². The molecule has 90 heavy (non-hydrogen) atoms. The van der Waals surface area contributed by atoms with Crippen LogP contribution in [0.1, 0.15) is 159 Å². The van der Waals surface area contributed by atoms with Gasteiger partial charge in [-0.3, -0.25) is 42.2 Å². The van der Waals surface area contributed by atoms with E-state index in [1.165, 1.54) is 0 Å². The fourth-order valence-corrected chi connectivity index (χ4v) is 19.4. The molecular formula is C70H92N3O17+3. The van der Waals surface area contributed by atoms with Crippen LogP contribution in [0.15, 0.2) is 36.4 Å². The average molecular weight is 1250 g/mol. The second-order valence-corrected chi connectivity index (χ2v) is 32.7. The zero-order chi connectivity index (χ0) is 65.1. The van der Waals surface area contributed by atoms with Crippen LogP contribution in [0.25, 0.3) is 0 Å². The summed E-state index contributed by atoms with van der Waals surface area (Å²) in [7, 11) is 6.13. The second kappa shape index (κ2) is 19.7. The van der Waals surface area contributed by atoms with Crippen molar-refractivity contribution in [2.75, 3.05) is 61.0 Å². The molecule has 3 spiro atoms. The van der Waals surface area contributed by atoms with Gasteiger partial charge in [0.05, 0.1) is 73.3 Å². The molecular weight excluding hydrogens is 1150 g/mol.